The average molecular weight is 422 g/mol. The molecule has 1 unspecified atom stereocenters. The second-order valence-electron chi connectivity index (χ2n) is 8.28. The fraction of sp³-hybridized carbons (Fsp3) is 0.682. The van der Waals surface area contributed by atoms with E-state index >= 15 is 0 Å². The van der Waals surface area contributed by atoms with Crippen LogP contribution < -0.4 is 5.32 Å². The maximum absolute atomic E-state index is 12.7. The summed E-state index contributed by atoms with van der Waals surface area (Å²) in [6.45, 7) is 5.99. The second kappa shape index (κ2) is 10.5. The Morgan fingerprint density at radius 2 is 1.79 bits per heavy atom. The van der Waals surface area contributed by atoms with Crippen molar-refractivity contribution in [3.63, 3.8) is 0 Å². The maximum Gasteiger partial charge on any atom is 0.243 e. The molecule has 1 amide bonds. The van der Waals surface area contributed by atoms with E-state index in [1.807, 2.05) is 6.07 Å². The third kappa shape index (κ3) is 5.80. The quantitative estimate of drug-likeness (QED) is 0.701. The van der Waals surface area contributed by atoms with Crippen LogP contribution in [0.2, 0.25) is 0 Å². The topological polar surface area (TPSA) is 69.7 Å². The highest BCUT2D eigenvalue weighted by molar-refractivity contribution is 7.89. The molecule has 162 valence electrons. The smallest absolute Gasteiger partial charge is 0.243 e. The van der Waals surface area contributed by atoms with Gasteiger partial charge in [0.2, 0.25) is 15.9 Å². The summed E-state index contributed by atoms with van der Waals surface area (Å²) in [4.78, 5) is 15.5. The fourth-order valence-electron chi connectivity index (χ4n) is 4.41. The van der Waals surface area contributed by atoms with Crippen molar-refractivity contribution < 1.29 is 13.2 Å². The molecule has 6 nitrogen and oxygen atoms in total. The zero-order chi connectivity index (χ0) is 20.7. The van der Waals surface area contributed by atoms with Gasteiger partial charge in [0, 0.05) is 31.6 Å². The number of nitrogens with one attached hydrogen (secondary N) is 1. The van der Waals surface area contributed by atoms with Crippen molar-refractivity contribution in [2.75, 3.05) is 32.7 Å². The number of nitrogens with zero attached hydrogens (tertiary/aromatic N) is 2. The van der Waals surface area contributed by atoms with Crippen LogP contribution in [0.4, 0.5) is 0 Å². The number of piperidine rings is 2. The van der Waals surface area contributed by atoms with Crippen molar-refractivity contribution in [3.8, 4) is 0 Å². The lowest BCUT2D eigenvalue weighted by Crippen LogP contribution is -2.49. The van der Waals surface area contributed by atoms with Gasteiger partial charge in [-0.2, -0.15) is 4.31 Å². The lowest BCUT2D eigenvalue weighted by molar-refractivity contribution is -0.126. The molecule has 0 bridgehead atoms. The zero-order valence-electron chi connectivity index (χ0n) is 17.6. The molecule has 1 N–H and O–H groups in total. The van der Waals surface area contributed by atoms with Gasteiger partial charge in [0.25, 0.3) is 0 Å². The van der Waals surface area contributed by atoms with Crippen molar-refractivity contribution in [1.29, 1.82) is 0 Å². The molecule has 0 radical (unpaired) electrons. The third-order valence-corrected chi connectivity index (χ3v) is 8.18. The molecule has 1 aromatic carbocycles. The number of sulfonamides is 1. The summed E-state index contributed by atoms with van der Waals surface area (Å²) >= 11 is 0. The van der Waals surface area contributed by atoms with E-state index in [9.17, 15) is 13.2 Å². The average Bonchev–Trinajstić information content (AvgIpc) is 2.77. The number of carbonyl (C=O) groups excluding carboxylic acids is 1. The second-order valence-corrected chi connectivity index (χ2v) is 10.2. The predicted octanol–water partition coefficient (Wildman–Crippen LogP) is 2.86. The Bertz CT molecular complexity index is 746. The van der Waals surface area contributed by atoms with Gasteiger partial charge in [0.15, 0.2) is 0 Å². The fourth-order valence-corrected chi connectivity index (χ4v) is 5.90. The summed E-state index contributed by atoms with van der Waals surface area (Å²) in [7, 11) is -3.46. The van der Waals surface area contributed by atoms with Crippen molar-refractivity contribution in [1.82, 2.24) is 14.5 Å². The Morgan fingerprint density at radius 1 is 1.07 bits per heavy atom. The molecule has 1 aromatic rings. The highest BCUT2D eigenvalue weighted by atomic mass is 32.2. The van der Waals surface area contributed by atoms with E-state index in [4.69, 9.17) is 0 Å². The SMILES string of the molecule is CCCCN1CCCCC1CNC(=O)C1CCN(S(=O)(=O)c2ccccc2)CC1. The van der Waals surface area contributed by atoms with E-state index in [0.717, 1.165) is 19.5 Å². The summed E-state index contributed by atoms with van der Waals surface area (Å²) in [5, 5.41) is 3.17. The number of unbranched alkanes of at least 4 members (excludes halogenated alkanes) is 1. The van der Waals surface area contributed by atoms with Crippen molar-refractivity contribution in [3.05, 3.63) is 30.3 Å². The first-order chi connectivity index (χ1) is 14.0. The molecule has 2 aliphatic rings. The summed E-state index contributed by atoms with van der Waals surface area (Å²) in [6, 6.07) is 8.98. The van der Waals surface area contributed by atoms with E-state index in [2.05, 4.69) is 17.1 Å². The molecular formula is C22H35N3O3S. The number of rotatable bonds is 8. The Kier molecular flexibility index (Phi) is 8.09. The van der Waals surface area contributed by atoms with E-state index in [1.54, 1.807) is 24.3 Å². The van der Waals surface area contributed by atoms with Crippen LogP contribution in [0.5, 0.6) is 0 Å². The number of likely N-dealkylation sites (tertiary alicyclic amines) is 1. The minimum atomic E-state index is -3.46. The summed E-state index contributed by atoms with van der Waals surface area (Å²) in [5.41, 5.74) is 0. The molecule has 1 atom stereocenters. The number of hydrogen-bond acceptors (Lipinski definition) is 4. The molecule has 0 aliphatic carbocycles. The molecule has 29 heavy (non-hydrogen) atoms. The predicted molar refractivity (Wildman–Crippen MR) is 115 cm³/mol. The number of benzene rings is 1. The Labute approximate surface area is 175 Å². The van der Waals surface area contributed by atoms with Crippen LogP contribution in [-0.4, -0.2) is 62.3 Å². The third-order valence-electron chi connectivity index (χ3n) is 6.27. The number of carbonyl (C=O) groups is 1. The molecule has 2 heterocycles. The molecule has 2 aliphatic heterocycles. The van der Waals surface area contributed by atoms with Gasteiger partial charge in [0.1, 0.15) is 0 Å². The first-order valence-corrected chi connectivity index (χ1v) is 12.5. The van der Waals surface area contributed by atoms with Gasteiger partial charge in [-0.15, -0.1) is 0 Å². The molecule has 3 rings (SSSR count). The summed E-state index contributed by atoms with van der Waals surface area (Å²) < 4.78 is 27.0. The van der Waals surface area contributed by atoms with Crippen LogP contribution in [0.25, 0.3) is 0 Å². The van der Waals surface area contributed by atoms with Crippen molar-refractivity contribution in [2.24, 2.45) is 5.92 Å². The standard InChI is InChI=1S/C22H35N3O3S/c1-2-3-14-24-15-8-7-9-20(24)18-23-22(26)19-12-16-25(17-13-19)29(27,28)21-10-5-4-6-11-21/h4-6,10-11,19-20H,2-3,7-9,12-18H2,1H3,(H,23,26). The zero-order valence-corrected chi connectivity index (χ0v) is 18.4. The van der Waals surface area contributed by atoms with Crippen LogP contribution in [0.3, 0.4) is 0 Å². The molecule has 7 heteroatoms. The Hall–Kier alpha value is -1.44. The molecule has 2 fully saturated rings. The van der Waals surface area contributed by atoms with E-state index < -0.39 is 10.0 Å². The minimum Gasteiger partial charge on any atom is -0.354 e. The lowest BCUT2D eigenvalue weighted by Gasteiger charge is -2.36. The summed E-state index contributed by atoms with van der Waals surface area (Å²) in [6.07, 6.45) is 7.21. The number of amides is 1. The van der Waals surface area contributed by atoms with E-state index in [-0.39, 0.29) is 11.8 Å². The van der Waals surface area contributed by atoms with Gasteiger partial charge in [-0.25, -0.2) is 8.42 Å². The molecule has 0 spiro atoms. The maximum atomic E-state index is 12.7. The van der Waals surface area contributed by atoms with Gasteiger partial charge in [-0.3, -0.25) is 9.69 Å². The van der Waals surface area contributed by atoms with Gasteiger partial charge in [-0.1, -0.05) is 38.0 Å². The molecule has 0 saturated carbocycles. The van der Waals surface area contributed by atoms with Crippen molar-refractivity contribution in [2.45, 2.75) is 62.8 Å². The van der Waals surface area contributed by atoms with Gasteiger partial charge in [-0.05, 0) is 57.3 Å². The highest BCUT2D eigenvalue weighted by Gasteiger charge is 2.32. The Balaban J connectivity index is 1.47. The summed E-state index contributed by atoms with van der Waals surface area (Å²) in [5.74, 6) is -0.00678. The number of hydrogen-bond donors (Lipinski definition) is 1. The van der Waals surface area contributed by atoms with Crippen LogP contribution in [0.15, 0.2) is 35.2 Å². The van der Waals surface area contributed by atoms with Crippen LogP contribution in [-0.2, 0) is 14.8 Å². The van der Waals surface area contributed by atoms with E-state index in [1.165, 1.54) is 30.0 Å². The first-order valence-electron chi connectivity index (χ1n) is 11.1. The molecular weight excluding hydrogens is 386 g/mol. The van der Waals surface area contributed by atoms with Gasteiger partial charge < -0.3 is 5.32 Å². The van der Waals surface area contributed by atoms with E-state index in [0.29, 0.717) is 43.4 Å². The van der Waals surface area contributed by atoms with Crippen molar-refractivity contribution >= 4 is 15.9 Å². The van der Waals surface area contributed by atoms with Crippen LogP contribution >= 0.6 is 0 Å². The first kappa shape index (κ1) is 22.2. The molecule has 2 saturated heterocycles. The normalized spacial score (nSPS) is 22.4. The Morgan fingerprint density at radius 3 is 2.48 bits per heavy atom. The highest BCUT2D eigenvalue weighted by Crippen LogP contribution is 2.24. The van der Waals surface area contributed by atoms with Gasteiger partial charge in [0.05, 0.1) is 4.90 Å². The van der Waals surface area contributed by atoms with Crippen LogP contribution in [0.1, 0.15) is 51.9 Å². The molecule has 0 aromatic heterocycles. The lowest BCUT2D eigenvalue weighted by atomic mass is 9.96. The van der Waals surface area contributed by atoms with Gasteiger partial charge >= 0.3 is 0 Å². The minimum absolute atomic E-state index is 0.0859. The monoisotopic (exact) mass is 421 g/mol. The largest absolute Gasteiger partial charge is 0.354 e. The van der Waals surface area contributed by atoms with Crippen LogP contribution in [0, 0.1) is 5.92 Å².